The lowest BCUT2D eigenvalue weighted by Crippen LogP contribution is -2.42. The summed E-state index contributed by atoms with van der Waals surface area (Å²) in [6, 6.07) is 4.10. The van der Waals surface area contributed by atoms with Crippen LogP contribution in [0, 0.1) is 11.8 Å². The van der Waals surface area contributed by atoms with Gasteiger partial charge in [0.2, 0.25) is 0 Å². The van der Waals surface area contributed by atoms with Gasteiger partial charge < -0.3 is 10.2 Å². The summed E-state index contributed by atoms with van der Waals surface area (Å²) in [5, 5.41) is 3.43. The fourth-order valence-corrected chi connectivity index (χ4v) is 3.29. The molecule has 1 aromatic rings. The van der Waals surface area contributed by atoms with Gasteiger partial charge >= 0.3 is 0 Å². The van der Waals surface area contributed by atoms with Crippen molar-refractivity contribution in [2.75, 3.05) is 26.7 Å². The van der Waals surface area contributed by atoms with Crippen LogP contribution in [-0.4, -0.2) is 42.5 Å². The maximum absolute atomic E-state index is 4.79. The maximum Gasteiger partial charge on any atom is 0.193 e. The molecule has 0 aromatic carbocycles. The van der Waals surface area contributed by atoms with Crippen LogP contribution in [0.1, 0.15) is 45.1 Å². The average molecular weight is 316 g/mol. The molecular formula is C19H32N4. The zero-order chi connectivity index (χ0) is 16.5. The zero-order valence-corrected chi connectivity index (χ0v) is 15.0. The van der Waals surface area contributed by atoms with E-state index in [4.69, 9.17) is 4.99 Å². The number of aliphatic imine (C=N–C) groups is 1. The minimum Gasteiger partial charge on any atom is -0.357 e. The van der Waals surface area contributed by atoms with E-state index in [2.05, 4.69) is 42.2 Å². The van der Waals surface area contributed by atoms with Crippen molar-refractivity contribution in [3.05, 3.63) is 30.1 Å². The number of nitrogens with one attached hydrogen (secondary N) is 1. The van der Waals surface area contributed by atoms with Crippen molar-refractivity contribution in [2.45, 2.75) is 46.0 Å². The second-order valence-corrected chi connectivity index (χ2v) is 6.85. The lowest BCUT2D eigenvalue weighted by atomic mass is 9.83. The molecular weight excluding hydrogens is 284 g/mol. The molecule has 4 nitrogen and oxygen atoms in total. The molecule has 1 saturated carbocycles. The molecule has 0 atom stereocenters. The zero-order valence-electron chi connectivity index (χ0n) is 15.0. The van der Waals surface area contributed by atoms with Crippen molar-refractivity contribution >= 4 is 5.96 Å². The first-order chi connectivity index (χ1) is 11.2. The van der Waals surface area contributed by atoms with Crippen molar-refractivity contribution in [3.8, 4) is 0 Å². The number of nitrogens with zero attached hydrogens (tertiary/aromatic N) is 3. The Bertz CT molecular complexity index is 464. The van der Waals surface area contributed by atoms with E-state index in [0.29, 0.717) is 0 Å². The van der Waals surface area contributed by atoms with Gasteiger partial charge in [0.1, 0.15) is 0 Å². The molecule has 1 fully saturated rings. The van der Waals surface area contributed by atoms with Gasteiger partial charge in [-0.3, -0.25) is 9.98 Å². The van der Waals surface area contributed by atoms with E-state index in [1.807, 2.05) is 18.5 Å². The highest BCUT2D eigenvalue weighted by molar-refractivity contribution is 5.79. The van der Waals surface area contributed by atoms with E-state index in [1.165, 1.54) is 31.2 Å². The lowest BCUT2D eigenvalue weighted by molar-refractivity contribution is 0.250. The van der Waals surface area contributed by atoms with Crippen molar-refractivity contribution in [1.82, 2.24) is 15.2 Å². The molecule has 0 saturated heterocycles. The van der Waals surface area contributed by atoms with Crippen LogP contribution >= 0.6 is 0 Å². The third-order valence-electron chi connectivity index (χ3n) is 4.75. The molecule has 1 aromatic heterocycles. The Labute approximate surface area is 141 Å². The number of hydrogen-bond donors (Lipinski definition) is 1. The largest absolute Gasteiger partial charge is 0.357 e. The van der Waals surface area contributed by atoms with Gasteiger partial charge in [0.05, 0.1) is 0 Å². The third-order valence-corrected chi connectivity index (χ3v) is 4.75. The minimum absolute atomic E-state index is 0.806. The van der Waals surface area contributed by atoms with Crippen LogP contribution in [0.3, 0.4) is 0 Å². The fourth-order valence-electron chi connectivity index (χ4n) is 3.29. The summed E-state index contributed by atoms with van der Waals surface area (Å²) in [7, 11) is 2.17. The fraction of sp³-hybridized carbons (Fsp3) is 0.684. The van der Waals surface area contributed by atoms with Crippen LogP contribution in [-0.2, 0) is 6.42 Å². The second kappa shape index (κ2) is 9.53. The predicted molar refractivity (Wildman–Crippen MR) is 97.7 cm³/mol. The number of hydrogen-bond acceptors (Lipinski definition) is 2. The number of rotatable bonds is 6. The molecule has 1 aliphatic rings. The molecule has 2 rings (SSSR count). The number of pyridine rings is 1. The SMILES string of the molecule is CCNC(=NCCc1cccnc1)N(C)CC1CCC(C)CC1. The molecule has 1 N–H and O–H groups in total. The number of aromatic nitrogens is 1. The van der Waals surface area contributed by atoms with Crippen LogP contribution < -0.4 is 5.32 Å². The molecule has 23 heavy (non-hydrogen) atoms. The summed E-state index contributed by atoms with van der Waals surface area (Å²) in [4.78, 5) is 11.3. The van der Waals surface area contributed by atoms with E-state index in [9.17, 15) is 0 Å². The Morgan fingerprint density at radius 3 is 2.78 bits per heavy atom. The van der Waals surface area contributed by atoms with Gasteiger partial charge in [-0.2, -0.15) is 0 Å². The summed E-state index contributed by atoms with van der Waals surface area (Å²) in [6.07, 6.45) is 10.2. The van der Waals surface area contributed by atoms with Gasteiger partial charge in [-0.25, -0.2) is 0 Å². The van der Waals surface area contributed by atoms with Crippen LogP contribution in [0.15, 0.2) is 29.5 Å². The highest BCUT2D eigenvalue weighted by atomic mass is 15.3. The Morgan fingerprint density at radius 2 is 2.13 bits per heavy atom. The molecule has 1 aliphatic carbocycles. The first-order valence-electron chi connectivity index (χ1n) is 9.07. The summed E-state index contributed by atoms with van der Waals surface area (Å²) in [5.41, 5.74) is 1.25. The van der Waals surface area contributed by atoms with E-state index < -0.39 is 0 Å². The Balaban J connectivity index is 1.84. The smallest absolute Gasteiger partial charge is 0.193 e. The lowest BCUT2D eigenvalue weighted by Gasteiger charge is -2.31. The van der Waals surface area contributed by atoms with Crippen LogP contribution in [0.4, 0.5) is 0 Å². The highest BCUT2D eigenvalue weighted by Crippen LogP contribution is 2.28. The van der Waals surface area contributed by atoms with Gasteiger partial charge in [-0.1, -0.05) is 25.8 Å². The number of guanidine groups is 1. The molecule has 0 spiro atoms. The Kier molecular flexibility index (Phi) is 7.37. The third kappa shape index (κ3) is 6.20. The molecule has 128 valence electrons. The van der Waals surface area contributed by atoms with Crippen LogP contribution in [0.5, 0.6) is 0 Å². The van der Waals surface area contributed by atoms with Gasteiger partial charge in [-0.15, -0.1) is 0 Å². The van der Waals surface area contributed by atoms with Crippen molar-refractivity contribution in [1.29, 1.82) is 0 Å². The molecule has 0 amide bonds. The summed E-state index contributed by atoms with van der Waals surface area (Å²) >= 11 is 0. The predicted octanol–water partition coefficient (Wildman–Crippen LogP) is 3.35. The van der Waals surface area contributed by atoms with Gasteiger partial charge in [0.25, 0.3) is 0 Å². The second-order valence-electron chi connectivity index (χ2n) is 6.85. The van der Waals surface area contributed by atoms with E-state index in [-0.39, 0.29) is 0 Å². The molecule has 4 heteroatoms. The molecule has 1 heterocycles. The van der Waals surface area contributed by atoms with Crippen molar-refractivity contribution in [2.24, 2.45) is 16.8 Å². The topological polar surface area (TPSA) is 40.5 Å². The monoisotopic (exact) mass is 316 g/mol. The van der Waals surface area contributed by atoms with Gasteiger partial charge in [0, 0.05) is 39.1 Å². The molecule has 0 radical (unpaired) electrons. The van der Waals surface area contributed by atoms with E-state index >= 15 is 0 Å². The standard InChI is InChI=1S/C19H32N4/c1-4-21-19(22-13-11-17-6-5-12-20-14-17)23(3)15-18-9-7-16(2)8-10-18/h5-6,12,14,16,18H,4,7-11,13,15H2,1-3H3,(H,21,22). The summed E-state index contributed by atoms with van der Waals surface area (Å²) in [5.74, 6) is 2.77. The quantitative estimate of drug-likeness (QED) is 0.646. The van der Waals surface area contributed by atoms with E-state index in [0.717, 1.165) is 43.9 Å². The van der Waals surface area contributed by atoms with Gasteiger partial charge in [0.15, 0.2) is 5.96 Å². The average Bonchev–Trinajstić information content (AvgIpc) is 2.57. The van der Waals surface area contributed by atoms with Crippen molar-refractivity contribution < 1.29 is 0 Å². The molecule has 0 bridgehead atoms. The molecule has 0 aliphatic heterocycles. The summed E-state index contributed by atoms with van der Waals surface area (Å²) in [6.45, 7) is 7.35. The van der Waals surface area contributed by atoms with Crippen LogP contribution in [0.2, 0.25) is 0 Å². The van der Waals surface area contributed by atoms with Gasteiger partial charge in [-0.05, 0) is 49.7 Å². The Hall–Kier alpha value is -1.58. The minimum atomic E-state index is 0.806. The van der Waals surface area contributed by atoms with E-state index in [1.54, 1.807) is 0 Å². The van der Waals surface area contributed by atoms with Crippen molar-refractivity contribution in [3.63, 3.8) is 0 Å². The Morgan fingerprint density at radius 1 is 1.35 bits per heavy atom. The maximum atomic E-state index is 4.79. The van der Waals surface area contributed by atoms with Crippen LogP contribution in [0.25, 0.3) is 0 Å². The summed E-state index contributed by atoms with van der Waals surface area (Å²) < 4.78 is 0. The first-order valence-corrected chi connectivity index (χ1v) is 9.07. The first kappa shape index (κ1) is 17.8. The normalized spacial score (nSPS) is 22.0. The highest BCUT2D eigenvalue weighted by Gasteiger charge is 2.20. The molecule has 0 unspecified atom stereocenters.